The minimum Gasteiger partial charge on any atom is -0.310 e. The summed E-state index contributed by atoms with van der Waals surface area (Å²) in [6, 6.07) is 13.4. The van der Waals surface area contributed by atoms with Gasteiger partial charge in [0.1, 0.15) is 11.4 Å². The monoisotopic (exact) mass is 397 g/mol. The maximum atomic E-state index is 13.0. The van der Waals surface area contributed by atoms with Crippen molar-refractivity contribution in [2.75, 3.05) is 18.0 Å². The fourth-order valence-electron chi connectivity index (χ4n) is 3.26. The van der Waals surface area contributed by atoms with Crippen LogP contribution in [0.3, 0.4) is 0 Å². The van der Waals surface area contributed by atoms with E-state index in [1.165, 1.54) is 23.1 Å². The van der Waals surface area contributed by atoms with E-state index in [-0.39, 0.29) is 23.4 Å². The molecular weight excluding hydrogens is 378 g/mol. The highest BCUT2D eigenvalue weighted by Gasteiger charge is 2.42. The number of sulfonamides is 1. The maximum absolute atomic E-state index is 13.0. The number of fused-ring (bicyclic) bond motifs is 1. The van der Waals surface area contributed by atoms with Crippen LogP contribution in [0.4, 0.5) is 5.69 Å². The number of nitrogens with zero attached hydrogens (tertiary/aromatic N) is 3. The molecule has 1 aliphatic rings. The highest BCUT2D eigenvalue weighted by atomic mass is 32.2. The van der Waals surface area contributed by atoms with E-state index < -0.39 is 28.4 Å². The summed E-state index contributed by atoms with van der Waals surface area (Å²) >= 11 is 0. The van der Waals surface area contributed by atoms with Gasteiger partial charge in [-0.2, -0.15) is 5.26 Å². The third kappa shape index (κ3) is 3.49. The number of rotatable bonds is 5. The fourth-order valence-corrected chi connectivity index (χ4v) is 4.78. The Labute approximate surface area is 163 Å². The van der Waals surface area contributed by atoms with Crippen molar-refractivity contribution in [1.82, 2.24) is 4.31 Å². The van der Waals surface area contributed by atoms with Crippen LogP contribution in [-0.4, -0.2) is 37.6 Å². The van der Waals surface area contributed by atoms with Crippen LogP contribution in [0.2, 0.25) is 0 Å². The number of nitriles is 1. The quantitative estimate of drug-likeness (QED) is 0.771. The molecule has 0 N–H and O–H groups in total. The van der Waals surface area contributed by atoms with Gasteiger partial charge in [0, 0.05) is 12.2 Å². The van der Waals surface area contributed by atoms with Crippen molar-refractivity contribution < 1.29 is 18.0 Å². The smallest absolute Gasteiger partial charge is 0.269 e. The first-order valence-corrected chi connectivity index (χ1v) is 10.1. The minimum absolute atomic E-state index is 0.0604. The molecule has 1 aliphatic heterocycles. The van der Waals surface area contributed by atoms with E-state index in [2.05, 4.69) is 0 Å². The first-order chi connectivity index (χ1) is 13.3. The number of benzene rings is 2. The number of carbonyl (C=O) groups excluding carboxylic acids is 2. The van der Waals surface area contributed by atoms with E-state index in [0.717, 1.165) is 11.1 Å². The second-order valence-corrected chi connectivity index (χ2v) is 8.44. The molecule has 0 aromatic heterocycles. The molecule has 144 valence electrons. The molecule has 8 heteroatoms. The Kier molecular flexibility index (Phi) is 5.21. The first kappa shape index (κ1) is 19.6. The lowest BCUT2D eigenvalue weighted by Crippen LogP contribution is -2.43. The molecule has 0 radical (unpaired) electrons. The van der Waals surface area contributed by atoms with Gasteiger partial charge in [0.15, 0.2) is 0 Å². The van der Waals surface area contributed by atoms with Crippen LogP contribution < -0.4 is 4.90 Å². The molecule has 0 fully saturated rings. The fraction of sp³-hybridized carbons (Fsp3) is 0.250. The van der Waals surface area contributed by atoms with E-state index in [1.807, 2.05) is 26.0 Å². The number of amides is 2. The van der Waals surface area contributed by atoms with Crippen LogP contribution in [0.1, 0.15) is 27.9 Å². The Bertz CT molecular complexity index is 1080. The number of anilines is 1. The Hall–Kier alpha value is -3.18. The molecule has 0 saturated heterocycles. The van der Waals surface area contributed by atoms with Crippen LogP contribution in [-0.2, 0) is 14.8 Å². The number of carbonyl (C=O) groups is 2. The molecule has 1 heterocycles. The molecule has 0 bridgehead atoms. The lowest BCUT2D eigenvalue weighted by Gasteiger charge is -2.25. The van der Waals surface area contributed by atoms with Gasteiger partial charge in [-0.05, 0) is 49.2 Å². The van der Waals surface area contributed by atoms with Gasteiger partial charge in [0.25, 0.3) is 15.9 Å². The molecule has 0 saturated carbocycles. The standard InChI is InChI=1S/C20H19N3O4S/c1-14-10-15(2)12-16(11-14)22(9-5-8-21)19(24)13-23-20(25)17-6-3-4-7-18(17)28(23,26)27/h3-4,6-7,10-12H,5,9,13H2,1-2H3. The second-order valence-electron chi connectivity index (χ2n) is 6.61. The van der Waals surface area contributed by atoms with Crippen molar-refractivity contribution in [2.24, 2.45) is 0 Å². The number of hydrogen-bond donors (Lipinski definition) is 0. The second kappa shape index (κ2) is 7.44. The zero-order valence-electron chi connectivity index (χ0n) is 15.5. The minimum atomic E-state index is -4.07. The topological polar surface area (TPSA) is 98.5 Å². The zero-order chi connectivity index (χ0) is 20.5. The summed E-state index contributed by atoms with van der Waals surface area (Å²) in [5, 5.41) is 8.93. The average Bonchev–Trinajstić information content (AvgIpc) is 2.82. The van der Waals surface area contributed by atoms with Crippen LogP contribution in [0, 0.1) is 25.2 Å². The Morgan fingerprint density at radius 3 is 2.39 bits per heavy atom. The molecule has 28 heavy (non-hydrogen) atoms. The molecule has 3 rings (SSSR count). The molecule has 2 aromatic rings. The van der Waals surface area contributed by atoms with Crippen LogP contribution in [0.25, 0.3) is 0 Å². The van der Waals surface area contributed by atoms with Gasteiger partial charge in [0.05, 0.1) is 18.1 Å². The van der Waals surface area contributed by atoms with Gasteiger partial charge in [-0.15, -0.1) is 0 Å². The summed E-state index contributed by atoms with van der Waals surface area (Å²) in [5.74, 6) is -1.28. The van der Waals surface area contributed by atoms with Crippen LogP contribution >= 0.6 is 0 Å². The molecule has 2 aromatic carbocycles. The molecule has 0 unspecified atom stereocenters. The largest absolute Gasteiger partial charge is 0.310 e. The van der Waals surface area contributed by atoms with E-state index in [9.17, 15) is 18.0 Å². The van der Waals surface area contributed by atoms with Crippen molar-refractivity contribution in [1.29, 1.82) is 5.26 Å². The summed E-state index contributed by atoms with van der Waals surface area (Å²) in [4.78, 5) is 26.8. The molecule has 7 nitrogen and oxygen atoms in total. The van der Waals surface area contributed by atoms with Crippen molar-refractivity contribution in [3.05, 3.63) is 59.2 Å². The summed E-state index contributed by atoms with van der Waals surface area (Å²) in [6.07, 6.45) is 0.0830. The number of aryl methyl sites for hydroxylation is 2. The number of hydrogen-bond acceptors (Lipinski definition) is 5. The van der Waals surface area contributed by atoms with E-state index in [1.54, 1.807) is 18.2 Å². The Morgan fingerprint density at radius 1 is 1.14 bits per heavy atom. The third-order valence-electron chi connectivity index (χ3n) is 4.46. The predicted molar refractivity (Wildman–Crippen MR) is 103 cm³/mol. The SMILES string of the molecule is Cc1cc(C)cc(N(CCC#N)C(=O)CN2C(=O)c3ccccc3S2(=O)=O)c1. The maximum Gasteiger partial charge on any atom is 0.269 e. The lowest BCUT2D eigenvalue weighted by molar-refractivity contribution is -0.118. The van der Waals surface area contributed by atoms with Crippen LogP contribution in [0.15, 0.2) is 47.4 Å². The van der Waals surface area contributed by atoms with Gasteiger partial charge < -0.3 is 4.90 Å². The Balaban J connectivity index is 1.93. The molecule has 2 amide bonds. The first-order valence-electron chi connectivity index (χ1n) is 8.67. The lowest BCUT2D eigenvalue weighted by atomic mass is 10.1. The van der Waals surface area contributed by atoms with Crippen molar-refractivity contribution in [2.45, 2.75) is 25.2 Å². The molecule has 0 atom stereocenters. The summed E-state index contributed by atoms with van der Waals surface area (Å²) in [7, 11) is -4.07. The zero-order valence-corrected chi connectivity index (χ0v) is 16.4. The van der Waals surface area contributed by atoms with Gasteiger partial charge >= 0.3 is 0 Å². The van der Waals surface area contributed by atoms with Crippen molar-refractivity contribution >= 4 is 27.5 Å². The average molecular weight is 397 g/mol. The van der Waals surface area contributed by atoms with E-state index in [0.29, 0.717) is 9.99 Å². The highest BCUT2D eigenvalue weighted by Crippen LogP contribution is 2.30. The summed E-state index contributed by atoms with van der Waals surface area (Å²) < 4.78 is 26.0. The molecular formula is C20H19N3O4S. The van der Waals surface area contributed by atoms with E-state index >= 15 is 0 Å². The van der Waals surface area contributed by atoms with Gasteiger partial charge in [-0.3, -0.25) is 9.59 Å². The Morgan fingerprint density at radius 2 is 1.79 bits per heavy atom. The summed E-state index contributed by atoms with van der Waals surface area (Å²) in [5.41, 5.74) is 2.49. The van der Waals surface area contributed by atoms with Crippen molar-refractivity contribution in [3.63, 3.8) is 0 Å². The highest BCUT2D eigenvalue weighted by molar-refractivity contribution is 7.90. The predicted octanol–water partition coefficient (Wildman–Crippen LogP) is 2.39. The van der Waals surface area contributed by atoms with Gasteiger partial charge in [-0.25, -0.2) is 12.7 Å². The third-order valence-corrected chi connectivity index (χ3v) is 6.24. The molecule has 0 spiro atoms. The van der Waals surface area contributed by atoms with Gasteiger partial charge in [0.2, 0.25) is 5.91 Å². The summed E-state index contributed by atoms with van der Waals surface area (Å²) in [6.45, 7) is 3.25. The normalized spacial score (nSPS) is 14.5. The van der Waals surface area contributed by atoms with E-state index in [4.69, 9.17) is 5.26 Å². The molecule has 0 aliphatic carbocycles. The van der Waals surface area contributed by atoms with Crippen LogP contribution in [0.5, 0.6) is 0 Å². The van der Waals surface area contributed by atoms with Gasteiger partial charge in [-0.1, -0.05) is 18.2 Å². The van der Waals surface area contributed by atoms with Crippen molar-refractivity contribution in [3.8, 4) is 6.07 Å².